The summed E-state index contributed by atoms with van der Waals surface area (Å²) in [6.07, 6.45) is 2.40. The number of hydrogen-bond donors (Lipinski definition) is 2. The second-order valence-corrected chi connectivity index (χ2v) is 13.9. The van der Waals surface area contributed by atoms with Gasteiger partial charge in [0.1, 0.15) is 18.1 Å². The molecule has 1 aliphatic heterocycles. The van der Waals surface area contributed by atoms with Crippen LogP contribution in [0, 0.1) is 17.3 Å². The first-order valence-corrected chi connectivity index (χ1v) is 16.4. The van der Waals surface area contributed by atoms with E-state index in [9.17, 15) is 15.0 Å². The fraction of sp³-hybridized carbons (Fsp3) is 0.289. The molecule has 1 saturated heterocycles. The summed E-state index contributed by atoms with van der Waals surface area (Å²) in [6.45, 7) is 7.28. The van der Waals surface area contributed by atoms with Gasteiger partial charge in [0.05, 0.1) is 34.1 Å². The molecule has 4 fully saturated rings. The maximum atomic E-state index is 11.5. The highest BCUT2D eigenvalue weighted by atomic mass is 16.7. The Morgan fingerprint density at radius 3 is 2.35 bits per heavy atom. The Morgan fingerprint density at radius 1 is 0.938 bits per heavy atom. The maximum Gasteiger partial charge on any atom is 0.494 e. The highest BCUT2D eigenvalue weighted by molar-refractivity contribution is 6.62. The van der Waals surface area contributed by atoms with Gasteiger partial charge in [-0.1, -0.05) is 62.4 Å². The Bertz CT molecular complexity index is 2010. The van der Waals surface area contributed by atoms with Crippen molar-refractivity contribution in [3.63, 3.8) is 0 Å². The van der Waals surface area contributed by atoms with Gasteiger partial charge in [-0.2, -0.15) is 0 Å². The summed E-state index contributed by atoms with van der Waals surface area (Å²) >= 11 is 0. The lowest BCUT2D eigenvalue weighted by molar-refractivity contribution is -0.199. The normalized spacial score (nSPS) is 23.7. The Hall–Kier alpha value is -4.93. The average Bonchev–Trinajstić information content (AvgIpc) is 3.69. The van der Waals surface area contributed by atoms with Gasteiger partial charge >= 0.3 is 13.1 Å². The molecule has 2 heterocycles. The Morgan fingerprint density at radius 2 is 1.65 bits per heavy atom. The molecule has 242 valence electrons. The minimum Gasteiger partial charge on any atom is -0.507 e. The number of phenols is 1. The van der Waals surface area contributed by atoms with E-state index in [1.807, 2.05) is 36.4 Å². The summed E-state index contributed by atoms with van der Waals surface area (Å²) in [6, 6.07) is 29.1. The minimum absolute atomic E-state index is 0.0530. The number of benzene rings is 4. The molecule has 9 rings (SSSR count). The minimum atomic E-state index is -1.02. The molecule has 0 radical (unpaired) electrons. The van der Waals surface area contributed by atoms with Gasteiger partial charge in [0.25, 0.3) is 0 Å². The molecule has 4 atom stereocenters. The van der Waals surface area contributed by atoms with E-state index < -0.39 is 5.97 Å². The maximum absolute atomic E-state index is 11.5. The van der Waals surface area contributed by atoms with Crippen molar-refractivity contribution in [2.75, 3.05) is 0 Å². The summed E-state index contributed by atoms with van der Waals surface area (Å²) in [5, 5.41) is 24.7. The molecule has 9 nitrogen and oxygen atoms in total. The van der Waals surface area contributed by atoms with Crippen LogP contribution in [-0.2, 0) is 15.9 Å². The standard InChI is InChI=1S/C38H36BN3O6/c1-37(2)25-20-32(37)38(3)33(21-25)47-39(48-38)26-16-12-23(13-17-26)22-46-31-11-7-5-9-29(31)35-40-34(28-8-4-6-10-30(28)43)41-42(35)27-18-14-24(15-19-27)36(44)45/h4-19,25,32-33,43H,20-22H2,1-3H3,(H,44,45). The van der Waals surface area contributed by atoms with Crippen LogP contribution >= 0.6 is 0 Å². The highest BCUT2D eigenvalue weighted by Gasteiger charge is 2.68. The average molecular weight is 642 g/mol. The fourth-order valence-corrected chi connectivity index (χ4v) is 7.91. The number of carboxylic acid groups (broad SMARTS) is 1. The van der Waals surface area contributed by atoms with E-state index in [2.05, 4.69) is 32.9 Å². The van der Waals surface area contributed by atoms with Crippen LogP contribution in [0.4, 0.5) is 0 Å². The summed E-state index contributed by atoms with van der Waals surface area (Å²) in [5.41, 5.74) is 3.97. The topological polar surface area (TPSA) is 116 Å². The molecule has 48 heavy (non-hydrogen) atoms. The largest absolute Gasteiger partial charge is 0.507 e. The number of phenolic OH excluding ortho intramolecular Hbond substituents is 1. The van der Waals surface area contributed by atoms with Crippen molar-refractivity contribution in [2.45, 2.75) is 51.9 Å². The summed E-state index contributed by atoms with van der Waals surface area (Å²) in [7, 11) is -0.375. The van der Waals surface area contributed by atoms with Crippen LogP contribution in [0.25, 0.3) is 28.5 Å². The first-order valence-electron chi connectivity index (χ1n) is 16.4. The van der Waals surface area contributed by atoms with Crippen molar-refractivity contribution < 1.29 is 29.1 Å². The molecule has 0 amide bonds. The van der Waals surface area contributed by atoms with E-state index in [-0.39, 0.29) is 30.1 Å². The van der Waals surface area contributed by atoms with Gasteiger partial charge in [-0.25, -0.2) is 14.5 Å². The van der Waals surface area contributed by atoms with Crippen molar-refractivity contribution in [2.24, 2.45) is 17.3 Å². The van der Waals surface area contributed by atoms with E-state index in [1.54, 1.807) is 41.1 Å². The zero-order chi connectivity index (χ0) is 33.2. The number of nitrogens with zero attached hydrogens (tertiary/aromatic N) is 3. The smallest absolute Gasteiger partial charge is 0.494 e. The predicted octanol–water partition coefficient (Wildman–Crippen LogP) is 6.52. The van der Waals surface area contributed by atoms with Crippen LogP contribution in [0.5, 0.6) is 11.5 Å². The summed E-state index contributed by atoms with van der Waals surface area (Å²) in [4.78, 5) is 16.3. The monoisotopic (exact) mass is 641 g/mol. The van der Waals surface area contributed by atoms with E-state index >= 15 is 0 Å². The molecule has 3 aliphatic carbocycles. The van der Waals surface area contributed by atoms with Crippen LogP contribution in [0.1, 0.15) is 49.5 Å². The lowest BCUT2D eigenvalue weighted by Gasteiger charge is -2.64. The third-order valence-corrected chi connectivity index (χ3v) is 10.8. The molecule has 5 aromatic rings. The number of carboxylic acids is 1. The van der Waals surface area contributed by atoms with Crippen LogP contribution in [0.2, 0.25) is 0 Å². The highest BCUT2D eigenvalue weighted by Crippen LogP contribution is 2.65. The number of para-hydroxylation sites is 2. The molecular formula is C38H36BN3O6. The van der Waals surface area contributed by atoms with E-state index in [1.165, 1.54) is 18.6 Å². The Kier molecular flexibility index (Phi) is 7.19. The Labute approximate surface area is 279 Å². The molecule has 10 heteroatoms. The van der Waals surface area contributed by atoms with Crippen molar-refractivity contribution in [3.05, 3.63) is 108 Å². The molecule has 4 aromatic carbocycles. The number of ether oxygens (including phenoxy) is 1. The first kappa shape index (κ1) is 30.4. The van der Waals surface area contributed by atoms with Crippen molar-refractivity contribution in [3.8, 4) is 40.0 Å². The number of aromatic nitrogens is 3. The number of aromatic hydroxyl groups is 1. The van der Waals surface area contributed by atoms with Gasteiger partial charge in [0, 0.05) is 0 Å². The van der Waals surface area contributed by atoms with Crippen LogP contribution in [-0.4, -0.2) is 49.8 Å². The van der Waals surface area contributed by atoms with Crippen molar-refractivity contribution in [1.29, 1.82) is 0 Å². The zero-order valence-electron chi connectivity index (χ0n) is 27.0. The zero-order valence-corrected chi connectivity index (χ0v) is 27.0. The molecule has 0 spiro atoms. The van der Waals surface area contributed by atoms with Gasteiger partial charge in [-0.3, -0.25) is 0 Å². The number of hydrogen-bond acceptors (Lipinski definition) is 7. The van der Waals surface area contributed by atoms with Crippen molar-refractivity contribution in [1.82, 2.24) is 14.8 Å². The molecule has 4 unspecified atom stereocenters. The molecule has 4 aliphatic rings. The van der Waals surface area contributed by atoms with Gasteiger partial charge in [-0.15, -0.1) is 5.10 Å². The van der Waals surface area contributed by atoms with E-state index in [0.717, 1.165) is 17.4 Å². The van der Waals surface area contributed by atoms with Crippen LogP contribution in [0.3, 0.4) is 0 Å². The Balaban J connectivity index is 1.05. The van der Waals surface area contributed by atoms with Gasteiger partial charge in [0.15, 0.2) is 11.6 Å². The number of rotatable bonds is 8. The number of aromatic carboxylic acids is 1. The summed E-state index contributed by atoms with van der Waals surface area (Å²) in [5.74, 6) is 1.65. The SMILES string of the molecule is CC1(C)C2CC3OB(c4ccc(COc5ccccc5-c5nc(-c6ccccc6O)nn5-c5ccc(C(=O)O)cc5)cc4)OC3(C)C1C2. The molecule has 1 aromatic heterocycles. The molecule has 2 bridgehead atoms. The summed E-state index contributed by atoms with van der Waals surface area (Å²) < 4.78 is 21.2. The van der Waals surface area contributed by atoms with E-state index in [4.69, 9.17) is 24.1 Å². The van der Waals surface area contributed by atoms with Gasteiger partial charge < -0.3 is 24.3 Å². The van der Waals surface area contributed by atoms with Gasteiger partial charge in [0.2, 0.25) is 0 Å². The second kappa shape index (κ2) is 11.4. The van der Waals surface area contributed by atoms with Crippen molar-refractivity contribution >= 4 is 18.6 Å². The van der Waals surface area contributed by atoms with Crippen LogP contribution < -0.4 is 10.2 Å². The third-order valence-electron chi connectivity index (χ3n) is 10.8. The molecular weight excluding hydrogens is 605 g/mol. The molecule has 2 N–H and O–H groups in total. The van der Waals surface area contributed by atoms with Crippen LogP contribution in [0.15, 0.2) is 97.1 Å². The fourth-order valence-electron chi connectivity index (χ4n) is 7.91. The molecule has 3 saturated carbocycles. The number of carbonyl (C=O) groups is 1. The second-order valence-electron chi connectivity index (χ2n) is 13.9. The van der Waals surface area contributed by atoms with E-state index in [0.29, 0.717) is 58.1 Å². The lowest BCUT2D eigenvalue weighted by Crippen LogP contribution is -2.65. The quantitative estimate of drug-likeness (QED) is 0.184. The lowest BCUT2D eigenvalue weighted by atomic mass is 9.43. The predicted molar refractivity (Wildman–Crippen MR) is 181 cm³/mol. The third kappa shape index (κ3) is 4.98. The van der Waals surface area contributed by atoms with Gasteiger partial charge in [-0.05, 0) is 96.6 Å². The first-order chi connectivity index (χ1) is 23.1.